The van der Waals surface area contributed by atoms with Crippen molar-refractivity contribution < 1.29 is 24.8 Å². The summed E-state index contributed by atoms with van der Waals surface area (Å²) in [5.41, 5.74) is 6.19. The molecule has 6 heteroatoms. The van der Waals surface area contributed by atoms with Crippen molar-refractivity contribution in [1.82, 2.24) is 0 Å². The molecule has 0 spiro atoms. The summed E-state index contributed by atoms with van der Waals surface area (Å²) in [6, 6.07) is 15.1. The van der Waals surface area contributed by atoms with Gasteiger partial charge >= 0.3 is 206 Å². The molecule has 0 fully saturated rings. The van der Waals surface area contributed by atoms with Crippen LogP contribution in [0, 0.1) is 20.8 Å². The van der Waals surface area contributed by atoms with E-state index in [9.17, 15) is 0 Å². The molecule has 0 amide bonds. The van der Waals surface area contributed by atoms with Crippen molar-refractivity contribution in [2.45, 2.75) is 73.1 Å². The van der Waals surface area contributed by atoms with Gasteiger partial charge in [0.2, 0.25) is 0 Å². The van der Waals surface area contributed by atoms with E-state index in [-0.39, 0.29) is 35.6 Å². The van der Waals surface area contributed by atoms with Crippen molar-refractivity contribution in [3.63, 3.8) is 0 Å². The number of rotatable bonds is 5. The van der Waals surface area contributed by atoms with Crippen LogP contribution in [0.2, 0.25) is 0 Å². The van der Waals surface area contributed by atoms with Crippen LogP contribution in [0.25, 0.3) is 0 Å². The standard InChI is InChI=1S/2C11H16O.C6H6S.2ClH.Ti/c2*1-8-5-6-10(12)9(7-8)11(2,3)4;1-5-3-4-7-6(5)2;;;/h2*5-7,12H,1-4H3;2-4H,1H3;2*1H;/q;;;;;+2/p-2. The molecule has 0 atom stereocenters. The maximum absolute atomic E-state index is 6.75. The van der Waals surface area contributed by atoms with Crippen molar-refractivity contribution in [3.05, 3.63) is 80.5 Å². The average Bonchev–Trinajstić information content (AvgIpc) is 3.07. The summed E-state index contributed by atoms with van der Waals surface area (Å²) in [6.45, 7) is 19.8. The van der Waals surface area contributed by atoms with E-state index in [4.69, 9.17) is 6.64 Å². The molecule has 0 unspecified atom stereocenters. The fraction of sp³-hybridized carbons (Fsp3) is 0.393. The molecule has 2 nitrogen and oxygen atoms in total. The zero-order chi connectivity index (χ0) is 23.7. The molecule has 0 aliphatic rings. The van der Waals surface area contributed by atoms with Crippen molar-refractivity contribution in [1.29, 1.82) is 0 Å². The van der Waals surface area contributed by atoms with Crippen LogP contribution in [0.3, 0.4) is 0 Å². The van der Waals surface area contributed by atoms with Gasteiger partial charge < -0.3 is 0 Å². The van der Waals surface area contributed by atoms with E-state index in [1.807, 2.05) is 0 Å². The molecule has 186 valence electrons. The zero-order valence-electron chi connectivity index (χ0n) is 21.7. The SMILES string of the molecule is Cc1ccc([O][Ti](=[CH]c2sccc2C)[O]c2ccc(C)cc2C(C)(C)C)c(C(C)(C)C)c1.Cl.Cl. The number of aryl methyl sites for hydroxylation is 3. The van der Waals surface area contributed by atoms with E-state index in [0.29, 0.717) is 0 Å². The van der Waals surface area contributed by atoms with Gasteiger partial charge in [0, 0.05) is 0 Å². The minimum Gasteiger partial charge on any atom is -0.147 e. The number of thiophene rings is 1. The molecule has 0 radical (unpaired) electrons. The van der Waals surface area contributed by atoms with Gasteiger partial charge in [-0.1, -0.05) is 0 Å². The smallest absolute Gasteiger partial charge is 0.147 e. The first kappa shape index (κ1) is 30.9. The Kier molecular flexibility index (Phi) is 11.1. The summed E-state index contributed by atoms with van der Waals surface area (Å²) in [5.74, 6) is 1.88. The number of hydrogen-bond acceptors (Lipinski definition) is 3. The van der Waals surface area contributed by atoms with Gasteiger partial charge in [-0.3, -0.25) is 0 Å². The fourth-order valence-electron chi connectivity index (χ4n) is 3.57. The van der Waals surface area contributed by atoms with Crippen molar-refractivity contribution >= 4 is 40.5 Å². The second-order valence-corrected chi connectivity index (χ2v) is 13.7. The Bertz CT molecular complexity index is 1070. The molecule has 34 heavy (non-hydrogen) atoms. The van der Waals surface area contributed by atoms with Crippen LogP contribution in [0.5, 0.6) is 11.5 Å². The predicted molar refractivity (Wildman–Crippen MR) is 150 cm³/mol. The van der Waals surface area contributed by atoms with Gasteiger partial charge in [0.25, 0.3) is 0 Å². The van der Waals surface area contributed by atoms with Gasteiger partial charge in [-0.2, -0.15) is 0 Å². The van der Waals surface area contributed by atoms with Crippen LogP contribution in [-0.4, -0.2) is 4.31 Å². The van der Waals surface area contributed by atoms with Crippen LogP contribution in [0.15, 0.2) is 47.8 Å². The summed E-state index contributed by atoms with van der Waals surface area (Å²) < 4.78 is 15.8. The van der Waals surface area contributed by atoms with Gasteiger partial charge in [-0.15, -0.1) is 24.8 Å². The molecule has 0 N–H and O–H groups in total. The Hall–Kier alpha value is -1.10. The minimum atomic E-state index is -2.60. The number of benzene rings is 2. The molecular weight excluding hydrogens is 519 g/mol. The van der Waals surface area contributed by atoms with E-state index >= 15 is 0 Å². The van der Waals surface area contributed by atoms with Crippen LogP contribution < -0.4 is 6.64 Å². The molecule has 0 aliphatic heterocycles. The molecule has 0 aliphatic carbocycles. The maximum atomic E-state index is 6.75. The van der Waals surface area contributed by atoms with E-state index in [0.717, 1.165) is 11.5 Å². The largest absolute Gasteiger partial charge is 0.147 e. The fourth-order valence-corrected chi connectivity index (χ4v) is 7.20. The van der Waals surface area contributed by atoms with Crippen LogP contribution >= 0.6 is 36.2 Å². The molecule has 3 aromatic rings. The van der Waals surface area contributed by atoms with Gasteiger partial charge in [0.15, 0.2) is 0 Å². The quantitative estimate of drug-likeness (QED) is 0.292. The maximum Gasteiger partial charge on any atom is -0.147 e. The summed E-state index contributed by atoms with van der Waals surface area (Å²) in [6.07, 6.45) is 0. The first-order valence-corrected chi connectivity index (χ1v) is 14.2. The number of hydrogen-bond donors (Lipinski definition) is 0. The Morgan fingerprint density at radius 3 is 1.50 bits per heavy atom. The Morgan fingerprint density at radius 2 is 1.15 bits per heavy atom. The van der Waals surface area contributed by atoms with Crippen LogP contribution in [0.4, 0.5) is 0 Å². The Morgan fingerprint density at radius 1 is 0.706 bits per heavy atom. The van der Waals surface area contributed by atoms with E-state index in [1.165, 1.54) is 32.7 Å². The summed E-state index contributed by atoms with van der Waals surface area (Å²) in [7, 11) is 0. The first-order chi connectivity index (χ1) is 14.8. The van der Waals surface area contributed by atoms with Crippen molar-refractivity contribution in [3.8, 4) is 11.5 Å². The first-order valence-electron chi connectivity index (χ1n) is 11.2. The van der Waals surface area contributed by atoms with Gasteiger partial charge in [0.1, 0.15) is 0 Å². The third kappa shape index (κ3) is 7.97. The zero-order valence-corrected chi connectivity index (χ0v) is 25.7. The predicted octanol–water partition coefficient (Wildman–Crippen LogP) is 8.87. The van der Waals surface area contributed by atoms with Crippen molar-refractivity contribution in [2.75, 3.05) is 0 Å². The van der Waals surface area contributed by atoms with Crippen LogP contribution in [0.1, 0.15) is 74.2 Å². The molecular formula is C28H38Cl2O2STi. The second-order valence-electron chi connectivity index (χ2n) is 10.6. The second kappa shape index (κ2) is 12.2. The normalized spacial score (nSPS) is 11.2. The third-order valence-corrected chi connectivity index (χ3v) is 8.88. The van der Waals surface area contributed by atoms with Gasteiger partial charge in [0.05, 0.1) is 0 Å². The molecule has 0 saturated carbocycles. The third-order valence-electron chi connectivity index (χ3n) is 5.46. The van der Waals surface area contributed by atoms with E-state index < -0.39 is 18.2 Å². The summed E-state index contributed by atoms with van der Waals surface area (Å²) >= 11 is -0.846. The average molecular weight is 557 g/mol. The minimum absolute atomic E-state index is 0. The molecule has 1 aromatic heterocycles. The summed E-state index contributed by atoms with van der Waals surface area (Å²) in [4.78, 5) is 1.24. The van der Waals surface area contributed by atoms with Crippen molar-refractivity contribution in [2.24, 2.45) is 0 Å². The molecule has 0 saturated heterocycles. The molecule has 3 rings (SSSR count). The van der Waals surface area contributed by atoms with Gasteiger partial charge in [-0.05, 0) is 0 Å². The summed E-state index contributed by atoms with van der Waals surface area (Å²) in [5, 5.41) is 2.13. The monoisotopic (exact) mass is 556 g/mol. The molecule has 0 bridgehead atoms. The van der Waals surface area contributed by atoms with Crippen LogP contribution in [-0.2, 0) is 29.0 Å². The van der Waals surface area contributed by atoms with E-state index in [1.54, 1.807) is 11.3 Å². The molecule has 1 heterocycles. The topological polar surface area (TPSA) is 18.5 Å². The Labute approximate surface area is 229 Å². The Balaban J connectivity index is 0.00000289. The molecule has 2 aromatic carbocycles. The van der Waals surface area contributed by atoms with E-state index in [2.05, 4.69) is 114 Å². The van der Waals surface area contributed by atoms with Gasteiger partial charge in [-0.25, -0.2) is 0 Å². The number of halogens is 2.